The molecule has 0 radical (unpaired) electrons. The van der Waals surface area contributed by atoms with Crippen LogP contribution in [0, 0.1) is 0 Å². The van der Waals surface area contributed by atoms with E-state index in [1.165, 1.54) is 19.3 Å². The van der Waals surface area contributed by atoms with Gasteiger partial charge in [-0.05, 0) is 50.6 Å². The Kier molecular flexibility index (Phi) is 4.33. The molecule has 1 saturated carbocycles. The molecule has 5 heteroatoms. The molecule has 2 aliphatic rings. The molecule has 1 heterocycles. The molecule has 0 aromatic heterocycles. The molecule has 1 aromatic carbocycles. The lowest BCUT2D eigenvalue weighted by atomic mass is 9.70. The normalized spacial score (nSPS) is 24.7. The van der Waals surface area contributed by atoms with E-state index in [1.54, 1.807) is 0 Å². The van der Waals surface area contributed by atoms with Crippen molar-refractivity contribution in [2.75, 3.05) is 12.3 Å². The molecule has 1 aliphatic heterocycles. The van der Waals surface area contributed by atoms with Crippen LogP contribution in [0.5, 0.6) is 0 Å². The number of sulfonamides is 1. The predicted molar refractivity (Wildman–Crippen MR) is 84.7 cm³/mol. The standard InChI is InChI=1S/C16H24N2O2S/c19-21(20,12-8-14-5-2-1-3-6-14)18-15-7-11-17-16(13-15)9-4-10-16/h1-3,5-6,15,17-18H,4,7-13H2. The molecule has 1 saturated heterocycles. The number of benzene rings is 1. The van der Waals surface area contributed by atoms with E-state index in [9.17, 15) is 8.42 Å². The zero-order valence-corrected chi connectivity index (χ0v) is 13.2. The molecule has 0 amide bonds. The number of rotatable bonds is 5. The molecule has 1 aromatic rings. The van der Waals surface area contributed by atoms with E-state index in [0.29, 0.717) is 6.42 Å². The van der Waals surface area contributed by atoms with Crippen molar-refractivity contribution in [3.8, 4) is 0 Å². The Morgan fingerprint density at radius 1 is 1.24 bits per heavy atom. The lowest BCUT2D eigenvalue weighted by molar-refractivity contribution is 0.126. The molecule has 21 heavy (non-hydrogen) atoms. The molecule has 1 atom stereocenters. The lowest BCUT2D eigenvalue weighted by Crippen LogP contribution is -2.59. The second kappa shape index (κ2) is 6.07. The first-order valence-corrected chi connectivity index (χ1v) is 9.51. The summed E-state index contributed by atoms with van der Waals surface area (Å²) in [4.78, 5) is 0. The van der Waals surface area contributed by atoms with Gasteiger partial charge in [-0.3, -0.25) is 0 Å². The van der Waals surface area contributed by atoms with E-state index in [0.717, 1.165) is 24.9 Å². The van der Waals surface area contributed by atoms with Gasteiger partial charge in [0.15, 0.2) is 0 Å². The fourth-order valence-corrected chi connectivity index (χ4v) is 4.78. The van der Waals surface area contributed by atoms with E-state index < -0.39 is 10.0 Å². The van der Waals surface area contributed by atoms with Crippen LogP contribution in [-0.2, 0) is 16.4 Å². The van der Waals surface area contributed by atoms with Crippen molar-refractivity contribution in [3.05, 3.63) is 35.9 Å². The van der Waals surface area contributed by atoms with Crippen LogP contribution in [0.3, 0.4) is 0 Å². The Bertz CT molecular complexity index is 567. The van der Waals surface area contributed by atoms with Crippen LogP contribution in [0.1, 0.15) is 37.7 Å². The Hall–Kier alpha value is -0.910. The van der Waals surface area contributed by atoms with E-state index in [2.05, 4.69) is 10.0 Å². The molecule has 1 spiro atoms. The number of hydrogen-bond donors (Lipinski definition) is 2. The Morgan fingerprint density at radius 2 is 2.00 bits per heavy atom. The van der Waals surface area contributed by atoms with E-state index in [-0.39, 0.29) is 17.3 Å². The maximum absolute atomic E-state index is 12.3. The molecule has 2 fully saturated rings. The van der Waals surface area contributed by atoms with Crippen molar-refractivity contribution in [1.82, 2.24) is 10.0 Å². The maximum atomic E-state index is 12.3. The highest BCUT2D eigenvalue weighted by Gasteiger charge is 2.41. The highest BCUT2D eigenvalue weighted by Crippen LogP contribution is 2.38. The van der Waals surface area contributed by atoms with Gasteiger partial charge in [0, 0.05) is 11.6 Å². The second-order valence-corrected chi connectivity index (χ2v) is 8.30. The minimum Gasteiger partial charge on any atom is -0.311 e. The molecule has 3 rings (SSSR count). The SMILES string of the molecule is O=S(=O)(CCc1ccccc1)NC1CCNC2(CCC2)C1. The van der Waals surface area contributed by atoms with Gasteiger partial charge in [-0.25, -0.2) is 13.1 Å². The van der Waals surface area contributed by atoms with Crippen LogP contribution < -0.4 is 10.0 Å². The number of hydrogen-bond acceptors (Lipinski definition) is 3. The first kappa shape index (κ1) is 15.0. The summed E-state index contributed by atoms with van der Waals surface area (Å²) in [6.07, 6.45) is 6.06. The van der Waals surface area contributed by atoms with Crippen LogP contribution in [0.15, 0.2) is 30.3 Å². The van der Waals surface area contributed by atoms with Gasteiger partial charge in [0.25, 0.3) is 0 Å². The van der Waals surface area contributed by atoms with Crippen molar-refractivity contribution in [3.63, 3.8) is 0 Å². The van der Waals surface area contributed by atoms with Gasteiger partial charge in [-0.15, -0.1) is 0 Å². The topological polar surface area (TPSA) is 58.2 Å². The smallest absolute Gasteiger partial charge is 0.212 e. The quantitative estimate of drug-likeness (QED) is 0.872. The van der Waals surface area contributed by atoms with Gasteiger partial charge in [-0.1, -0.05) is 30.3 Å². The third kappa shape index (κ3) is 3.84. The van der Waals surface area contributed by atoms with E-state index in [4.69, 9.17) is 0 Å². The molecule has 116 valence electrons. The molecule has 1 aliphatic carbocycles. The molecular weight excluding hydrogens is 284 g/mol. The minimum atomic E-state index is -3.19. The monoisotopic (exact) mass is 308 g/mol. The zero-order chi connectivity index (χ0) is 14.8. The summed E-state index contributed by atoms with van der Waals surface area (Å²) in [6, 6.07) is 9.90. The zero-order valence-electron chi connectivity index (χ0n) is 12.3. The Balaban J connectivity index is 1.53. The predicted octanol–water partition coefficient (Wildman–Crippen LogP) is 1.82. The third-order valence-corrected chi connectivity index (χ3v) is 6.22. The van der Waals surface area contributed by atoms with Crippen molar-refractivity contribution >= 4 is 10.0 Å². The Labute approximate surface area is 127 Å². The summed E-state index contributed by atoms with van der Waals surface area (Å²) >= 11 is 0. The summed E-state index contributed by atoms with van der Waals surface area (Å²) in [7, 11) is -3.19. The van der Waals surface area contributed by atoms with Gasteiger partial charge < -0.3 is 5.32 Å². The summed E-state index contributed by atoms with van der Waals surface area (Å²) in [5, 5.41) is 3.57. The van der Waals surface area contributed by atoms with Crippen LogP contribution in [0.25, 0.3) is 0 Å². The van der Waals surface area contributed by atoms with Crippen molar-refractivity contribution in [2.45, 2.75) is 50.1 Å². The van der Waals surface area contributed by atoms with Crippen LogP contribution in [0.4, 0.5) is 0 Å². The minimum absolute atomic E-state index is 0.104. The second-order valence-electron chi connectivity index (χ2n) is 6.42. The average molecular weight is 308 g/mol. The fraction of sp³-hybridized carbons (Fsp3) is 0.625. The summed E-state index contributed by atoms with van der Waals surface area (Å²) in [6.45, 7) is 0.922. The molecule has 2 N–H and O–H groups in total. The number of piperidine rings is 1. The molecular formula is C16H24N2O2S. The molecule has 0 bridgehead atoms. The summed E-state index contributed by atoms with van der Waals surface area (Å²) in [5.74, 6) is 0.175. The van der Waals surface area contributed by atoms with Crippen molar-refractivity contribution in [2.24, 2.45) is 0 Å². The summed E-state index contributed by atoms with van der Waals surface area (Å²) < 4.78 is 27.4. The van der Waals surface area contributed by atoms with E-state index >= 15 is 0 Å². The van der Waals surface area contributed by atoms with Gasteiger partial charge >= 0.3 is 0 Å². The van der Waals surface area contributed by atoms with Crippen LogP contribution in [0.2, 0.25) is 0 Å². The Morgan fingerprint density at radius 3 is 2.67 bits per heavy atom. The fourth-order valence-electron chi connectivity index (χ4n) is 3.45. The highest BCUT2D eigenvalue weighted by molar-refractivity contribution is 7.89. The van der Waals surface area contributed by atoms with Gasteiger partial charge in [0.2, 0.25) is 10.0 Å². The lowest BCUT2D eigenvalue weighted by Gasteiger charge is -2.48. The largest absolute Gasteiger partial charge is 0.311 e. The average Bonchev–Trinajstić information content (AvgIpc) is 2.45. The number of aryl methyl sites for hydroxylation is 1. The highest BCUT2D eigenvalue weighted by atomic mass is 32.2. The number of nitrogens with one attached hydrogen (secondary N) is 2. The van der Waals surface area contributed by atoms with Gasteiger partial charge in [0.1, 0.15) is 0 Å². The van der Waals surface area contributed by atoms with Crippen molar-refractivity contribution < 1.29 is 8.42 Å². The van der Waals surface area contributed by atoms with Crippen LogP contribution in [-0.4, -0.2) is 32.3 Å². The third-order valence-electron chi connectivity index (χ3n) is 4.79. The molecule has 1 unspecified atom stereocenters. The first-order valence-electron chi connectivity index (χ1n) is 7.86. The van der Waals surface area contributed by atoms with Gasteiger partial charge in [-0.2, -0.15) is 0 Å². The first-order chi connectivity index (χ1) is 10.1. The van der Waals surface area contributed by atoms with Crippen LogP contribution >= 0.6 is 0 Å². The summed E-state index contributed by atoms with van der Waals surface area (Å²) in [5.41, 5.74) is 1.30. The molecule has 4 nitrogen and oxygen atoms in total. The maximum Gasteiger partial charge on any atom is 0.212 e. The van der Waals surface area contributed by atoms with Gasteiger partial charge in [0.05, 0.1) is 5.75 Å². The van der Waals surface area contributed by atoms with E-state index in [1.807, 2.05) is 30.3 Å². The van der Waals surface area contributed by atoms with Crippen molar-refractivity contribution in [1.29, 1.82) is 0 Å².